The lowest BCUT2D eigenvalue weighted by molar-refractivity contribution is -0.143. The lowest BCUT2D eigenvalue weighted by Crippen LogP contribution is -2.50. The maximum absolute atomic E-state index is 12.9. The predicted octanol–water partition coefficient (Wildman–Crippen LogP) is 6.47. The number of hydrogen-bond donors (Lipinski definition) is 1. The zero-order valence-electron chi connectivity index (χ0n) is 22.7. The average molecular weight is 496 g/mol. The van der Waals surface area contributed by atoms with Gasteiger partial charge in [-0.2, -0.15) is 0 Å². The highest BCUT2D eigenvalue weighted by Gasteiger charge is 2.39. The van der Waals surface area contributed by atoms with E-state index < -0.39 is 23.7 Å². The molecular weight excluding hydrogens is 454 g/mol. The van der Waals surface area contributed by atoms with Crippen LogP contribution < -0.4 is 0 Å². The minimum Gasteiger partial charge on any atom is -0.480 e. The van der Waals surface area contributed by atoms with Gasteiger partial charge in [0.05, 0.1) is 6.54 Å². The van der Waals surface area contributed by atoms with E-state index in [0.29, 0.717) is 0 Å². The van der Waals surface area contributed by atoms with Crippen LogP contribution in [0.3, 0.4) is 0 Å². The van der Waals surface area contributed by atoms with Crippen LogP contribution in [-0.2, 0) is 35.5 Å². The molecular formula is C29H41N3O4. The Balaban J connectivity index is 0.00000109. The summed E-state index contributed by atoms with van der Waals surface area (Å²) in [4.78, 5) is 30.5. The number of ether oxygens (including phenoxy) is 1. The predicted molar refractivity (Wildman–Crippen MR) is 144 cm³/mol. The summed E-state index contributed by atoms with van der Waals surface area (Å²) in [6.45, 7) is 14.3. The van der Waals surface area contributed by atoms with E-state index in [4.69, 9.17) is 4.74 Å². The van der Waals surface area contributed by atoms with Gasteiger partial charge in [-0.1, -0.05) is 52.0 Å². The number of fused-ring (bicyclic) bond motifs is 3. The Hall–Kier alpha value is -3.35. The molecule has 36 heavy (non-hydrogen) atoms. The van der Waals surface area contributed by atoms with Crippen molar-refractivity contribution < 1.29 is 19.4 Å². The summed E-state index contributed by atoms with van der Waals surface area (Å²) in [6.07, 6.45) is 5.12. The summed E-state index contributed by atoms with van der Waals surface area (Å²) in [5.41, 5.74) is 3.55. The average Bonchev–Trinajstić information content (AvgIpc) is 3.18. The molecule has 1 aliphatic rings. The van der Waals surface area contributed by atoms with Crippen molar-refractivity contribution in [2.45, 2.75) is 92.5 Å². The van der Waals surface area contributed by atoms with Crippen molar-refractivity contribution in [1.29, 1.82) is 0 Å². The fourth-order valence-corrected chi connectivity index (χ4v) is 4.39. The van der Waals surface area contributed by atoms with Gasteiger partial charge in [0.15, 0.2) is 0 Å². The Kier molecular flexibility index (Phi) is 10.5. The third-order valence-corrected chi connectivity index (χ3v) is 5.77. The molecule has 7 heteroatoms. The van der Waals surface area contributed by atoms with Crippen LogP contribution in [0.25, 0.3) is 10.9 Å². The number of nitrogens with zero attached hydrogens (tertiary/aromatic N) is 3. The van der Waals surface area contributed by atoms with Crippen LogP contribution in [0.1, 0.15) is 71.7 Å². The van der Waals surface area contributed by atoms with Gasteiger partial charge in [0, 0.05) is 42.0 Å². The van der Waals surface area contributed by atoms with E-state index in [9.17, 15) is 14.7 Å². The van der Waals surface area contributed by atoms with Gasteiger partial charge >= 0.3 is 12.1 Å². The lowest BCUT2D eigenvalue weighted by atomic mass is 9.97. The van der Waals surface area contributed by atoms with Crippen LogP contribution in [-0.4, -0.2) is 43.3 Å². The van der Waals surface area contributed by atoms with E-state index in [1.807, 2.05) is 58.2 Å². The number of amides is 1. The van der Waals surface area contributed by atoms with Crippen LogP contribution in [0.4, 0.5) is 4.79 Å². The van der Waals surface area contributed by atoms with Gasteiger partial charge in [-0.15, -0.1) is 0 Å². The Bertz CT molecular complexity index is 1130. The maximum atomic E-state index is 12.9. The molecule has 7 nitrogen and oxygen atoms in total. The number of aromatic nitrogens is 2. The van der Waals surface area contributed by atoms with Crippen molar-refractivity contribution in [2.75, 3.05) is 0 Å². The summed E-state index contributed by atoms with van der Waals surface area (Å²) in [7, 11) is 0. The van der Waals surface area contributed by atoms with Crippen LogP contribution in [0, 0.1) is 0 Å². The summed E-state index contributed by atoms with van der Waals surface area (Å²) in [5, 5.41) is 10.9. The first-order chi connectivity index (χ1) is 17.2. The number of carbonyl (C=O) groups excluding carboxylic acids is 1. The van der Waals surface area contributed by atoms with Crippen LogP contribution in [0.5, 0.6) is 0 Å². The molecule has 0 saturated heterocycles. The number of pyridine rings is 1. The minimum absolute atomic E-state index is 0.211. The molecule has 1 N–H and O–H groups in total. The number of carboxylic acid groups (broad SMARTS) is 1. The Morgan fingerprint density at radius 2 is 1.78 bits per heavy atom. The molecule has 0 radical (unpaired) electrons. The molecule has 2 aromatic heterocycles. The molecule has 1 aromatic carbocycles. The Morgan fingerprint density at radius 1 is 1.08 bits per heavy atom. The minimum atomic E-state index is -1.02. The van der Waals surface area contributed by atoms with Gasteiger partial charge < -0.3 is 14.4 Å². The van der Waals surface area contributed by atoms with Gasteiger partial charge in [-0.3, -0.25) is 9.88 Å². The quantitative estimate of drug-likeness (QED) is 0.439. The zero-order chi connectivity index (χ0) is 26.9. The van der Waals surface area contributed by atoms with E-state index in [1.54, 1.807) is 27.0 Å². The van der Waals surface area contributed by atoms with Gasteiger partial charge in [0.2, 0.25) is 0 Å². The second-order valence-electron chi connectivity index (χ2n) is 9.23. The van der Waals surface area contributed by atoms with Crippen molar-refractivity contribution in [1.82, 2.24) is 14.5 Å². The lowest BCUT2D eigenvalue weighted by Gasteiger charge is -2.35. The smallest absolute Gasteiger partial charge is 0.411 e. The van der Waals surface area contributed by atoms with E-state index in [0.717, 1.165) is 41.5 Å². The van der Waals surface area contributed by atoms with E-state index in [1.165, 1.54) is 10.5 Å². The SMILES string of the molecule is CC.CC.CC(C)(C)OC(=O)N1Cc2c(c3ccccc3n2CCCc2cccnc2)C[C@H]1C(=O)O. The number of aliphatic carboxylic acids is 1. The zero-order valence-corrected chi connectivity index (χ0v) is 22.7. The number of rotatable bonds is 5. The highest BCUT2D eigenvalue weighted by molar-refractivity contribution is 5.89. The maximum Gasteiger partial charge on any atom is 0.411 e. The second-order valence-corrected chi connectivity index (χ2v) is 9.23. The number of aryl methyl sites for hydroxylation is 2. The highest BCUT2D eigenvalue weighted by atomic mass is 16.6. The molecule has 3 heterocycles. The first-order valence-electron chi connectivity index (χ1n) is 12.9. The van der Waals surface area contributed by atoms with Crippen molar-refractivity contribution >= 4 is 23.0 Å². The molecule has 0 fully saturated rings. The molecule has 0 bridgehead atoms. The molecule has 0 spiro atoms. The van der Waals surface area contributed by atoms with Gasteiger partial charge in [-0.25, -0.2) is 9.59 Å². The monoisotopic (exact) mass is 495 g/mol. The van der Waals surface area contributed by atoms with Gasteiger partial charge in [-0.05, 0) is 56.9 Å². The largest absolute Gasteiger partial charge is 0.480 e. The molecule has 196 valence electrons. The third-order valence-electron chi connectivity index (χ3n) is 5.77. The molecule has 0 unspecified atom stereocenters. The number of para-hydroxylation sites is 1. The topological polar surface area (TPSA) is 84.7 Å². The van der Waals surface area contributed by atoms with Gasteiger partial charge in [0.25, 0.3) is 0 Å². The second kappa shape index (κ2) is 13.1. The number of hydrogen-bond acceptors (Lipinski definition) is 4. The molecule has 1 aliphatic heterocycles. The molecule has 0 saturated carbocycles. The normalized spacial score (nSPS) is 14.6. The number of carbonyl (C=O) groups is 2. The third kappa shape index (κ3) is 6.86. The molecule has 0 aliphatic carbocycles. The number of carboxylic acids is 1. The van der Waals surface area contributed by atoms with Crippen molar-refractivity contribution in [3.63, 3.8) is 0 Å². The molecule has 1 amide bonds. The van der Waals surface area contributed by atoms with Crippen LogP contribution >= 0.6 is 0 Å². The summed E-state index contributed by atoms with van der Waals surface area (Å²) >= 11 is 0. The van der Waals surface area contributed by atoms with Gasteiger partial charge in [0.1, 0.15) is 11.6 Å². The molecule has 4 rings (SSSR count). The van der Waals surface area contributed by atoms with Crippen molar-refractivity contribution in [2.24, 2.45) is 0 Å². The molecule has 3 aromatic rings. The van der Waals surface area contributed by atoms with Crippen molar-refractivity contribution in [3.8, 4) is 0 Å². The van der Waals surface area contributed by atoms with Crippen LogP contribution in [0.15, 0.2) is 48.8 Å². The summed E-state index contributed by atoms with van der Waals surface area (Å²) < 4.78 is 7.77. The van der Waals surface area contributed by atoms with E-state index in [2.05, 4.69) is 21.7 Å². The Morgan fingerprint density at radius 3 is 2.39 bits per heavy atom. The van der Waals surface area contributed by atoms with E-state index in [-0.39, 0.29) is 13.0 Å². The molecule has 1 atom stereocenters. The van der Waals surface area contributed by atoms with Crippen LogP contribution in [0.2, 0.25) is 0 Å². The Labute approximate surface area is 215 Å². The van der Waals surface area contributed by atoms with E-state index >= 15 is 0 Å². The summed E-state index contributed by atoms with van der Waals surface area (Å²) in [5.74, 6) is -1.02. The summed E-state index contributed by atoms with van der Waals surface area (Å²) in [6, 6.07) is 11.1. The fraction of sp³-hybridized carbons (Fsp3) is 0.483. The highest BCUT2D eigenvalue weighted by Crippen LogP contribution is 2.34. The standard InChI is InChI=1S/C25H29N3O4.2C2H6/c1-25(2,3)32-24(31)28-16-22-19(14-21(28)23(29)30)18-10-4-5-11-20(18)27(22)13-7-9-17-8-6-12-26-15-17;2*1-2/h4-6,8,10-12,15,21H,7,9,13-14,16H2,1-3H3,(H,29,30);2*1-2H3/t21-;;/m0../s1. The first kappa shape index (κ1) is 28.9. The first-order valence-corrected chi connectivity index (χ1v) is 12.9. The van der Waals surface area contributed by atoms with Crippen molar-refractivity contribution in [3.05, 3.63) is 65.6 Å². The number of benzene rings is 1. The fourth-order valence-electron chi connectivity index (χ4n) is 4.39.